The molecule has 3 nitrogen and oxygen atoms in total. The molecule has 4 aromatic carbocycles. The van der Waals surface area contributed by atoms with Gasteiger partial charge in [-0.05, 0) is 41.8 Å². The summed E-state index contributed by atoms with van der Waals surface area (Å²) in [5, 5.41) is 13.8. The second kappa shape index (κ2) is 6.19. The summed E-state index contributed by atoms with van der Waals surface area (Å²) in [6.07, 6.45) is 0. The van der Waals surface area contributed by atoms with E-state index in [1.165, 1.54) is 4.70 Å². The first kappa shape index (κ1) is 16.8. The van der Waals surface area contributed by atoms with Crippen LogP contribution in [0.1, 0.15) is 5.56 Å². The van der Waals surface area contributed by atoms with Crippen LogP contribution in [0.25, 0.3) is 52.5 Å². The molecule has 6 aromatic rings. The fourth-order valence-electron chi connectivity index (χ4n) is 4.39. The SMILES string of the molecule is [C-]#[N+]c1cccc2c1c1ccccc1n2-c1ccc2sc3c(C#N)cccc3c2c1. The van der Waals surface area contributed by atoms with Gasteiger partial charge < -0.3 is 4.57 Å². The van der Waals surface area contributed by atoms with Crippen LogP contribution in [0.4, 0.5) is 5.69 Å². The van der Waals surface area contributed by atoms with Crippen molar-refractivity contribution in [3.8, 4) is 11.8 Å². The van der Waals surface area contributed by atoms with E-state index in [9.17, 15) is 5.26 Å². The van der Waals surface area contributed by atoms with Crippen molar-refractivity contribution in [2.75, 3.05) is 0 Å². The Hall–Kier alpha value is -4.12. The molecule has 0 amide bonds. The Morgan fingerprint density at radius 3 is 2.50 bits per heavy atom. The Morgan fingerprint density at radius 1 is 0.833 bits per heavy atom. The van der Waals surface area contributed by atoms with Crippen molar-refractivity contribution in [1.29, 1.82) is 5.26 Å². The van der Waals surface area contributed by atoms with Crippen molar-refractivity contribution in [3.63, 3.8) is 0 Å². The summed E-state index contributed by atoms with van der Waals surface area (Å²) in [6.45, 7) is 7.62. The van der Waals surface area contributed by atoms with E-state index in [0.29, 0.717) is 11.3 Å². The number of fused-ring (bicyclic) bond motifs is 6. The second-order valence-electron chi connectivity index (χ2n) is 7.21. The van der Waals surface area contributed by atoms with Crippen LogP contribution in [-0.4, -0.2) is 4.57 Å². The molecule has 0 saturated carbocycles. The predicted molar refractivity (Wildman–Crippen MR) is 125 cm³/mol. The van der Waals surface area contributed by atoms with Gasteiger partial charge in [0.2, 0.25) is 0 Å². The molecule has 6 rings (SSSR count). The molecular formula is C26H13N3S. The van der Waals surface area contributed by atoms with Crippen molar-refractivity contribution in [2.45, 2.75) is 0 Å². The molecule has 4 heteroatoms. The monoisotopic (exact) mass is 399 g/mol. The lowest BCUT2D eigenvalue weighted by Gasteiger charge is -2.08. The first-order valence-electron chi connectivity index (χ1n) is 9.55. The minimum Gasteiger partial charge on any atom is -0.311 e. The first-order chi connectivity index (χ1) is 14.8. The third kappa shape index (κ3) is 2.17. The van der Waals surface area contributed by atoms with Gasteiger partial charge in [-0.2, -0.15) is 5.26 Å². The summed E-state index contributed by atoms with van der Waals surface area (Å²) in [5.74, 6) is 0. The van der Waals surface area contributed by atoms with Crippen molar-refractivity contribution in [3.05, 3.63) is 95.8 Å². The van der Waals surface area contributed by atoms with Gasteiger partial charge in [0.1, 0.15) is 6.07 Å². The van der Waals surface area contributed by atoms with Crippen molar-refractivity contribution in [2.24, 2.45) is 0 Å². The molecule has 0 N–H and O–H groups in total. The van der Waals surface area contributed by atoms with Crippen LogP contribution in [0.3, 0.4) is 0 Å². The molecule has 0 aliphatic carbocycles. The molecule has 30 heavy (non-hydrogen) atoms. The topological polar surface area (TPSA) is 33.1 Å². The van der Waals surface area contributed by atoms with Crippen LogP contribution >= 0.6 is 11.3 Å². The highest BCUT2D eigenvalue weighted by Gasteiger charge is 2.16. The van der Waals surface area contributed by atoms with E-state index in [0.717, 1.165) is 43.0 Å². The van der Waals surface area contributed by atoms with E-state index in [1.54, 1.807) is 11.3 Å². The van der Waals surface area contributed by atoms with E-state index >= 15 is 0 Å². The average molecular weight is 399 g/mol. The lowest BCUT2D eigenvalue weighted by Crippen LogP contribution is -1.93. The highest BCUT2D eigenvalue weighted by atomic mass is 32.1. The third-order valence-electron chi connectivity index (χ3n) is 5.66. The van der Waals surface area contributed by atoms with E-state index in [1.807, 2.05) is 36.4 Å². The Kier molecular flexibility index (Phi) is 3.47. The third-order valence-corrected chi connectivity index (χ3v) is 6.87. The Morgan fingerprint density at radius 2 is 1.63 bits per heavy atom. The molecule has 0 spiro atoms. The van der Waals surface area contributed by atoms with Crippen molar-refractivity contribution < 1.29 is 0 Å². The number of benzene rings is 4. The molecular weight excluding hydrogens is 386 g/mol. The largest absolute Gasteiger partial charge is 0.311 e. The number of thiophene rings is 1. The fourth-order valence-corrected chi connectivity index (χ4v) is 5.53. The Labute approximate surface area is 176 Å². The van der Waals surface area contributed by atoms with Gasteiger partial charge in [0, 0.05) is 32.1 Å². The van der Waals surface area contributed by atoms with Crippen molar-refractivity contribution in [1.82, 2.24) is 4.57 Å². The molecule has 0 aliphatic heterocycles. The second-order valence-corrected chi connectivity index (χ2v) is 8.26. The average Bonchev–Trinajstić information content (AvgIpc) is 3.34. The quantitative estimate of drug-likeness (QED) is 0.262. The van der Waals surface area contributed by atoms with E-state index in [4.69, 9.17) is 6.57 Å². The molecule has 0 saturated heterocycles. The number of nitriles is 1. The molecule has 0 atom stereocenters. The van der Waals surface area contributed by atoms with Gasteiger partial charge in [0.15, 0.2) is 5.69 Å². The number of hydrogen-bond donors (Lipinski definition) is 0. The Balaban J connectivity index is 1.75. The summed E-state index contributed by atoms with van der Waals surface area (Å²) in [6, 6.07) is 28.8. The zero-order valence-corrected chi connectivity index (χ0v) is 16.6. The van der Waals surface area contributed by atoms with Crippen LogP contribution in [0, 0.1) is 17.9 Å². The molecule has 0 radical (unpaired) electrons. The van der Waals surface area contributed by atoms with Gasteiger partial charge in [-0.1, -0.05) is 42.5 Å². The van der Waals surface area contributed by atoms with Gasteiger partial charge in [0.05, 0.1) is 22.4 Å². The summed E-state index contributed by atoms with van der Waals surface area (Å²) in [5.41, 5.74) is 4.55. The number of nitrogens with zero attached hydrogens (tertiary/aromatic N) is 3. The van der Waals surface area contributed by atoms with Gasteiger partial charge in [-0.3, -0.25) is 0 Å². The van der Waals surface area contributed by atoms with E-state index in [2.05, 4.69) is 57.9 Å². The first-order valence-corrected chi connectivity index (χ1v) is 10.4. The fraction of sp³-hybridized carbons (Fsp3) is 0. The van der Waals surface area contributed by atoms with Gasteiger partial charge in [-0.25, -0.2) is 4.85 Å². The zero-order valence-electron chi connectivity index (χ0n) is 15.8. The molecule has 138 valence electrons. The van der Waals surface area contributed by atoms with Crippen LogP contribution in [-0.2, 0) is 0 Å². The molecule has 2 aromatic heterocycles. The smallest absolute Gasteiger partial charge is 0.197 e. The summed E-state index contributed by atoms with van der Waals surface area (Å²) in [4.78, 5) is 3.77. The minimum atomic E-state index is 0.670. The number of rotatable bonds is 1. The maximum atomic E-state index is 9.48. The molecule has 0 bridgehead atoms. The normalized spacial score (nSPS) is 11.3. The van der Waals surface area contributed by atoms with Crippen LogP contribution < -0.4 is 0 Å². The Bertz CT molecular complexity index is 1720. The highest BCUT2D eigenvalue weighted by molar-refractivity contribution is 7.26. The van der Waals surface area contributed by atoms with Gasteiger partial charge >= 0.3 is 0 Å². The van der Waals surface area contributed by atoms with Crippen LogP contribution in [0.15, 0.2) is 78.9 Å². The van der Waals surface area contributed by atoms with Gasteiger partial charge in [-0.15, -0.1) is 11.3 Å². The lowest BCUT2D eigenvalue weighted by atomic mass is 10.1. The van der Waals surface area contributed by atoms with Crippen molar-refractivity contribution >= 4 is 59.0 Å². The maximum absolute atomic E-state index is 9.48. The summed E-state index contributed by atoms with van der Waals surface area (Å²) in [7, 11) is 0. The predicted octanol–water partition coefficient (Wildman–Crippen LogP) is 7.57. The van der Waals surface area contributed by atoms with Crippen LogP contribution in [0.5, 0.6) is 0 Å². The maximum Gasteiger partial charge on any atom is 0.197 e. The molecule has 0 unspecified atom stereocenters. The number of hydrogen-bond acceptors (Lipinski definition) is 2. The standard InChI is InChI=1S/C26H13N3S/c1-28-21-9-5-11-23-25(21)19-7-2-3-10-22(19)29(23)17-12-13-24-20(14-17)18-8-4-6-16(15-27)26(18)30-24/h2-14H. The molecule has 0 aliphatic rings. The van der Waals surface area contributed by atoms with E-state index in [-0.39, 0.29) is 0 Å². The van der Waals surface area contributed by atoms with Gasteiger partial charge in [0.25, 0.3) is 0 Å². The number of para-hydroxylation sites is 1. The highest BCUT2D eigenvalue weighted by Crippen LogP contribution is 2.40. The van der Waals surface area contributed by atoms with Crippen LogP contribution in [0.2, 0.25) is 0 Å². The molecule has 0 fully saturated rings. The molecule has 2 heterocycles. The summed E-state index contributed by atoms with van der Waals surface area (Å²) < 4.78 is 4.43. The zero-order chi connectivity index (χ0) is 20.2. The van der Waals surface area contributed by atoms with E-state index < -0.39 is 0 Å². The summed E-state index contributed by atoms with van der Waals surface area (Å²) >= 11 is 1.66. The lowest BCUT2D eigenvalue weighted by molar-refractivity contribution is 1.19. The number of aromatic nitrogens is 1. The minimum absolute atomic E-state index is 0.670.